The number of hydrogen-bond acceptors (Lipinski definition) is 3. The van der Waals surface area contributed by atoms with E-state index in [1.165, 1.54) is 11.3 Å². The largest absolute Gasteiger partial charge is 0.467 e. The highest BCUT2D eigenvalue weighted by molar-refractivity contribution is 6.33. The third-order valence-electron chi connectivity index (χ3n) is 4.75. The van der Waals surface area contributed by atoms with Crippen LogP contribution < -0.4 is 10.2 Å². The van der Waals surface area contributed by atoms with E-state index in [1.807, 2.05) is 30.3 Å². The number of carbonyl (C=O) groups excluding carboxylic acids is 1. The number of benzene rings is 2. The Kier molecular flexibility index (Phi) is 4.67. The molecule has 1 N–H and O–H groups in total. The van der Waals surface area contributed by atoms with E-state index in [9.17, 15) is 4.79 Å². The van der Waals surface area contributed by atoms with Crippen LogP contribution in [-0.2, 0) is 6.42 Å². The first-order chi connectivity index (χ1) is 12.7. The summed E-state index contributed by atoms with van der Waals surface area (Å²) in [4.78, 5) is 14.8. The van der Waals surface area contributed by atoms with Gasteiger partial charge in [-0.3, -0.25) is 4.79 Å². The maximum Gasteiger partial charge on any atom is 0.252 e. The minimum atomic E-state index is -0.181. The average Bonchev–Trinajstić information content (AvgIpc) is 3.33. The fourth-order valence-electron chi connectivity index (χ4n) is 3.46. The monoisotopic (exact) mass is 366 g/mol. The van der Waals surface area contributed by atoms with Crippen molar-refractivity contribution in [2.24, 2.45) is 0 Å². The van der Waals surface area contributed by atoms with Gasteiger partial charge < -0.3 is 14.6 Å². The van der Waals surface area contributed by atoms with Crippen LogP contribution in [0.1, 0.15) is 27.7 Å². The van der Waals surface area contributed by atoms with Gasteiger partial charge in [-0.05, 0) is 42.3 Å². The second-order valence-electron chi connectivity index (χ2n) is 6.29. The van der Waals surface area contributed by atoms with E-state index >= 15 is 0 Å². The van der Waals surface area contributed by atoms with Gasteiger partial charge in [0.15, 0.2) is 0 Å². The summed E-state index contributed by atoms with van der Waals surface area (Å²) in [5.74, 6) is 0.654. The summed E-state index contributed by atoms with van der Waals surface area (Å²) in [5.41, 5.74) is 3.00. The molecule has 0 radical (unpaired) electrons. The smallest absolute Gasteiger partial charge is 0.252 e. The lowest BCUT2D eigenvalue weighted by Gasteiger charge is -2.29. The van der Waals surface area contributed by atoms with Crippen LogP contribution in [0.5, 0.6) is 0 Å². The van der Waals surface area contributed by atoms with E-state index in [0.29, 0.717) is 17.1 Å². The molecule has 132 valence electrons. The first kappa shape index (κ1) is 16.7. The van der Waals surface area contributed by atoms with Crippen molar-refractivity contribution in [3.8, 4) is 0 Å². The SMILES string of the molecule is O=C(NC[C@H](c1ccco1)N1CCc2ccccc21)c1ccccc1Cl. The van der Waals surface area contributed by atoms with Crippen LogP contribution in [-0.4, -0.2) is 19.0 Å². The van der Waals surface area contributed by atoms with Crippen LogP contribution in [0.4, 0.5) is 5.69 Å². The molecule has 1 atom stereocenters. The summed E-state index contributed by atoms with van der Waals surface area (Å²) in [7, 11) is 0. The molecule has 1 aliphatic rings. The second kappa shape index (κ2) is 7.26. The average molecular weight is 367 g/mol. The normalized spacial score (nSPS) is 14.1. The number of amides is 1. The zero-order valence-corrected chi connectivity index (χ0v) is 14.9. The maximum atomic E-state index is 12.6. The first-order valence-corrected chi connectivity index (χ1v) is 9.02. The number of hydrogen-bond donors (Lipinski definition) is 1. The maximum absolute atomic E-state index is 12.6. The van der Waals surface area contributed by atoms with Crippen LogP contribution in [0, 0.1) is 0 Å². The Labute approximate surface area is 157 Å². The van der Waals surface area contributed by atoms with Crippen molar-refractivity contribution < 1.29 is 9.21 Å². The molecule has 3 aromatic rings. The van der Waals surface area contributed by atoms with Crippen molar-refractivity contribution >= 4 is 23.2 Å². The quantitative estimate of drug-likeness (QED) is 0.724. The van der Waals surface area contributed by atoms with Crippen molar-refractivity contribution in [3.63, 3.8) is 0 Å². The van der Waals surface area contributed by atoms with E-state index in [2.05, 4.69) is 28.4 Å². The topological polar surface area (TPSA) is 45.5 Å². The molecule has 2 heterocycles. The highest BCUT2D eigenvalue weighted by Crippen LogP contribution is 2.35. The molecule has 0 aliphatic carbocycles. The molecule has 4 nitrogen and oxygen atoms in total. The van der Waals surface area contributed by atoms with Crippen molar-refractivity contribution in [2.45, 2.75) is 12.5 Å². The Bertz CT molecular complexity index is 908. The lowest BCUT2D eigenvalue weighted by Crippen LogP contribution is -2.37. The number of nitrogens with zero attached hydrogens (tertiary/aromatic N) is 1. The molecule has 5 heteroatoms. The molecule has 0 saturated heterocycles. The van der Waals surface area contributed by atoms with Gasteiger partial charge in [0.1, 0.15) is 11.8 Å². The minimum Gasteiger partial charge on any atom is -0.467 e. The Morgan fingerprint density at radius 1 is 1.12 bits per heavy atom. The predicted molar refractivity (Wildman–Crippen MR) is 103 cm³/mol. The van der Waals surface area contributed by atoms with Gasteiger partial charge in [0.2, 0.25) is 0 Å². The summed E-state index contributed by atoms with van der Waals surface area (Å²) < 4.78 is 5.67. The number of halogens is 1. The highest BCUT2D eigenvalue weighted by atomic mass is 35.5. The number of furan rings is 1. The lowest BCUT2D eigenvalue weighted by molar-refractivity contribution is 0.0950. The van der Waals surface area contributed by atoms with Gasteiger partial charge in [0.25, 0.3) is 5.91 Å². The van der Waals surface area contributed by atoms with Gasteiger partial charge >= 0.3 is 0 Å². The van der Waals surface area contributed by atoms with Crippen molar-refractivity contribution in [1.29, 1.82) is 0 Å². The van der Waals surface area contributed by atoms with Gasteiger partial charge in [0.05, 0.1) is 16.8 Å². The Hall–Kier alpha value is -2.72. The number of carbonyl (C=O) groups is 1. The van der Waals surface area contributed by atoms with E-state index in [1.54, 1.807) is 18.4 Å². The molecule has 0 saturated carbocycles. The summed E-state index contributed by atoms with van der Waals surface area (Å²) in [5, 5.41) is 3.46. The molecule has 1 aliphatic heterocycles. The van der Waals surface area contributed by atoms with Crippen molar-refractivity contribution in [2.75, 3.05) is 18.0 Å². The van der Waals surface area contributed by atoms with Crippen LogP contribution in [0.3, 0.4) is 0 Å². The zero-order chi connectivity index (χ0) is 17.9. The number of rotatable bonds is 5. The summed E-state index contributed by atoms with van der Waals surface area (Å²) in [6, 6.07) is 19.2. The van der Waals surface area contributed by atoms with E-state index in [0.717, 1.165) is 18.7 Å². The van der Waals surface area contributed by atoms with Gasteiger partial charge in [-0.25, -0.2) is 0 Å². The van der Waals surface area contributed by atoms with Crippen LogP contribution in [0.15, 0.2) is 71.3 Å². The molecule has 0 bridgehead atoms. The van der Waals surface area contributed by atoms with Crippen molar-refractivity contribution in [1.82, 2.24) is 5.32 Å². The van der Waals surface area contributed by atoms with Crippen LogP contribution >= 0.6 is 11.6 Å². The predicted octanol–water partition coefficient (Wildman–Crippen LogP) is 4.47. The first-order valence-electron chi connectivity index (χ1n) is 8.65. The minimum absolute atomic E-state index is 0.0694. The molecule has 0 spiro atoms. The van der Waals surface area contributed by atoms with E-state index in [4.69, 9.17) is 16.0 Å². The molecular weight excluding hydrogens is 348 g/mol. The third-order valence-corrected chi connectivity index (χ3v) is 5.07. The summed E-state index contributed by atoms with van der Waals surface area (Å²) >= 11 is 6.14. The Morgan fingerprint density at radius 2 is 1.92 bits per heavy atom. The molecule has 26 heavy (non-hydrogen) atoms. The number of anilines is 1. The molecule has 2 aromatic carbocycles. The van der Waals surface area contributed by atoms with Gasteiger partial charge in [-0.15, -0.1) is 0 Å². The van der Waals surface area contributed by atoms with Crippen LogP contribution in [0.25, 0.3) is 0 Å². The fraction of sp³-hybridized carbons (Fsp3) is 0.190. The molecule has 0 unspecified atom stereocenters. The lowest BCUT2D eigenvalue weighted by atomic mass is 10.1. The van der Waals surface area contributed by atoms with Gasteiger partial charge in [-0.2, -0.15) is 0 Å². The van der Waals surface area contributed by atoms with E-state index < -0.39 is 0 Å². The highest BCUT2D eigenvalue weighted by Gasteiger charge is 2.29. The summed E-state index contributed by atoms with van der Waals surface area (Å²) in [6.07, 6.45) is 2.66. The molecule has 1 amide bonds. The number of fused-ring (bicyclic) bond motifs is 1. The zero-order valence-electron chi connectivity index (χ0n) is 14.2. The second-order valence-corrected chi connectivity index (χ2v) is 6.70. The molecule has 0 fully saturated rings. The van der Waals surface area contributed by atoms with E-state index in [-0.39, 0.29) is 11.9 Å². The summed E-state index contributed by atoms with van der Waals surface area (Å²) in [6.45, 7) is 1.33. The van der Waals surface area contributed by atoms with Crippen LogP contribution in [0.2, 0.25) is 5.02 Å². The van der Waals surface area contributed by atoms with Gasteiger partial charge in [0, 0.05) is 18.8 Å². The molecular formula is C21H19ClN2O2. The fourth-order valence-corrected chi connectivity index (χ4v) is 3.68. The Balaban J connectivity index is 1.56. The Morgan fingerprint density at radius 3 is 2.73 bits per heavy atom. The van der Waals surface area contributed by atoms with Gasteiger partial charge in [-0.1, -0.05) is 41.9 Å². The third kappa shape index (κ3) is 3.20. The number of nitrogens with one attached hydrogen (secondary N) is 1. The number of para-hydroxylation sites is 1. The van der Waals surface area contributed by atoms with Crippen molar-refractivity contribution in [3.05, 3.63) is 88.8 Å². The molecule has 4 rings (SSSR count). The standard InChI is InChI=1S/C21H19ClN2O2/c22-17-8-3-2-7-16(17)21(25)23-14-19(20-10-5-13-26-20)24-12-11-15-6-1-4-9-18(15)24/h1-10,13,19H,11-12,14H2,(H,23,25)/t19-/m1/s1. The molecule has 1 aromatic heterocycles.